The van der Waals surface area contributed by atoms with Gasteiger partial charge in [-0.1, -0.05) is 48.2 Å². The number of alkyl halides is 2. The Bertz CT molecular complexity index is 754. The van der Waals surface area contributed by atoms with Crippen molar-refractivity contribution in [2.75, 3.05) is 18.9 Å². The molecule has 3 nitrogen and oxygen atoms in total. The SMILES string of the molecule is CN(CC(=O)Nc1ccccc1SC(F)F)[C@H]1CCc2ccccc21. The minimum Gasteiger partial charge on any atom is -0.324 e. The Hall–Kier alpha value is -1.92. The maximum absolute atomic E-state index is 12.6. The van der Waals surface area contributed by atoms with Gasteiger partial charge in [0, 0.05) is 10.9 Å². The van der Waals surface area contributed by atoms with Crippen molar-refractivity contribution >= 4 is 23.4 Å². The summed E-state index contributed by atoms with van der Waals surface area (Å²) in [7, 11) is 1.92. The van der Waals surface area contributed by atoms with Crippen molar-refractivity contribution in [3.8, 4) is 0 Å². The van der Waals surface area contributed by atoms with E-state index in [9.17, 15) is 13.6 Å². The van der Waals surface area contributed by atoms with Gasteiger partial charge in [-0.05, 0) is 43.1 Å². The molecule has 0 saturated carbocycles. The van der Waals surface area contributed by atoms with Crippen LogP contribution >= 0.6 is 11.8 Å². The minimum absolute atomic E-state index is 0.200. The standard InChI is InChI=1S/C19H20F2N2OS/c1-23(16-11-10-13-6-2-3-7-14(13)16)12-18(24)22-15-8-4-5-9-17(15)25-19(20)21/h2-9,16,19H,10-12H2,1H3,(H,22,24)/t16-/m0/s1. The van der Waals surface area contributed by atoms with Gasteiger partial charge in [-0.3, -0.25) is 9.69 Å². The van der Waals surface area contributed by atoms with Gasteiger partial charge < -0.3 is 5.32 Å². The summed E-state index contributed by atoms with van der Waals surface area (Å²) in [4.78, 5) is 14.8. The molecule has 2 aromatic rings. The van der Waals surface area contributed by atoms with Gasteiger partial charge in [0.25, 0.3) is 5.76 Å². The van der Waals surface area contributed by atoms with E-state index in [0.717, 1.165) is 12.8 Å². The average Bonchev–Trinajstić information content (AvgIpc) is 3.00. The first kappa shape index (κ1) is 17.9. The molecule has 0 fully saturated rings. The van der Waals surface area contributed by atoms with Crippen LogP contribution in [-0.2, 0) is 11.2 Å². The van der Waals surface area contributed by atoms with Crippen LogP contribution in [0.1, 0.15) is 23.6 Å². The zero-order chi connectivity index (χ0) is 17.8. The first-order chi connectivity index (χ1) is 12.0. The molecule has 3 rings (SSSR count). The van der Waals surface area contributed by atoms with Crippen LogP contribution in [0.4, 0.5) is 14.5 Å². The molecule has 1 aliphatic carbocycles. The lowest BCUT2D eigenvalue weighted by atomic mass is 10.1. The van der Waals surface area contributed by atoms with Gasteiger partial charge >= 0.3 is 0 Å². The minimum atomic E-state index is -2.52. The van der Waals surface area contributed by atoms with Crippen molar-refractivity contribution in [2.24, 2.45) is 0 Å². The molecule has 0 aliphatic heterocycles. The molecule has 1 N–H and O–H groups in total. The lowest BCUT2D eigenvalue weighted by molar-refractivity contribution is -0.117. The number of anilines is 1. The van der Waals surface area contributed by atoms with Crippen molar-refractivity contribution in [3.63, 3.8) is 0 Å². The van der Waals surface area contributed by atoms with Gasteiger partial charge in [0.1, 0.15) is 0 Å². The van der Waals surface area contributed by atoms with Crippen LogP contribution in [0.25, 0.3) is 0 Å². The van der Waals surface area contributed by atoms with Gasteiger partial charge in [-0.15, -0.1) is 0 Å². The molecule has 1 aliphatic rings. The summed E-state index contributed by atoms with van der Waals surface area (Å²) in [6.07, 6.45) is 2.00. The van der Waals surface area contributed by atoms with Crippen molar-refractivity contribution in [3.05, 3.63) is 59.7 Å². The van der Waals surface area contributed by atoms with Crippen LogP contribution < -0.4 is 5.32 Å². The van der Waals surface area contributed by atoms with Gasteiger partial charge in [0.2, 0.25) is 5.91 Å². The number of aryl methyl sites for hydroxylation is 1. The number of hydrogen-bond acceptors (Lipinski definition) is 3. The molecule has 25 heavy (non-hydrogen) atoms. The number of amides is 1. The molecule has 2 aromatic carbocycles. The van der Waals surface area contributed by atoms with Gasteiger partial charge in [0.15, 0.2) is 0 Å². The third-order valence-electron chi connectivity index (χ3n) is 4.40. The number of rotatable bonds is 6. The number of benzene rings is 2. The number of halogens is 2. The Morgan fingerprint density at radius 2 is 1.96 bits per heavy atom. The normalized spacial score (nSPS) is 16.3. The molecule has 0 bridgehead atoms. The summed E-state index contributed by atoms with van der Waals surface area (Å²) in [5, 5.41) is 2.76. The summed E-state index contributed by atoms with van der Waals surface area (Å²) in [5.41, 5.74) is 3.03. The van der Waals surface area contributed by atoms with Crippen molar-refractivity contribution in [1.82, 2.24) is 4.90 Å². The molecule has 0 saturated heterocycles. The first-order valence-electron chi connectivity index (χ1n) is 8.16. The molecule has 132 valence electrons. The molecular formula is C19H20F2N2OS. The van der Waals surface area contributed by atoms with Gasteiger partial charge in [0.05, 0.1) is 12.2 Å². The number of nitrogens with one attached hydrogen (secondary N) is 1. The number of likely N-dealkylation sites (N-methyl/N-ethyl adjacent to an activating group) is 1. The number of hydrogen-bond donors (Lipinski definition) is 1. The van der Waals surface area contributed by atoms with Crippen LogP contribution in [0.2, 0.25) is 0 Å². The average molecular weight is 362 g/mol. The van der Waals surface area contributed by atoms with E-state index < -0.39 is 5.76 Å². The van der Waals surface area contributed by atoms with Crippen LogP contribution in [0.15, 0.2) is 53.4 Å². The molecule has 0 aromatic heterocycles. The summed E-state index contributed by atoms with van der Waals surface area (Å²) >= 11 is 0.440. The maximum Gasteiger partial charge on any atom is 0.288 e. The quantitative estimate of drug-likeness (QED) is 0.765. The van der Waals surface area contributed by atoms with E-state index in [-0.39, 0.29) is 18.5 Å². The van der Waals surface area contributed by atoms with Crippen LogP contribution in [0, 0.1) is 0 Å². The number of fused-ring (bicyclic) bond motifs is 1. The van der Waals surface area contributed by atoms with E-state index >= 15 is 0 Å². The molecule has 1 amide bonds. The predicted octanol–water partition coefficient (Wildman–Crippen LogP) is 4.56. The summed E-state index contributed by atoms with van der Waals surface area (Å²) in [6.45, 7) is 0.215. The topological polar surface area (TPSA) is 32.3 Å². The second kappa shape index (κ2) is 7.97. The predicted molar refractivity (Wildman–Crippen MR) is 97.1 cm³/mol. The lowest BCUT2D eigenvalue weighted by Crippen LogP contribution is -2.32. The Balaban J connectivity index is 1.64. The first-order valence-corrected chi connectivity index (χ1v) is 9.04. The highest BCUT2D eigenvalue weighted by Gasteiger charge is 2.26. The highest BCUT2D eigenvalue weighted by atomic mass is 32.2. The number of carbonyl (C=O) groups excluding carboxylic acids is 1. The molecule has 6 heteroatoms. The number of thioether (sulfide) groups is 1. The van der Waals surface area contributed by atoms with Gasteiger partial charge in [-0.2, -0.15) is 8.78 Å². The molecule has 1 atom stereocenters. The van der Waals surface area contributed by atoms with Gasteiger partial charge in [-0.25, -0.2) is 0 Å². The number of carbonyl (C=O) groups is 1. The highest BCUT2D eigenvalue weighted by molar-refractivity contribution is 7.99. The highest BCUT2D eigenvalue weighted by Crippen LogP contribution is 2.35. The zero-order valence-corrected chi connectivity index (χ0v) is 14.7. The van der Waals surface area contributed by atoms with Crippen molar-refractivity contribution in [2.45, 2.75) is 29.5 Å². The Morgan fingerprint density at radius 1 is 1.24 bits per heavy atom. The summed E-state index contributed by atoms with van der Waals surface area (Å²) in [6, 6.07) is 15.1. The smallest absolute Gasteiger partial charge is 0.288 e. The number of para-hydroxylation sites is 1. The Morgan fingerprint density at radius 3 is 2.76 bits per heavy atom. The largest absolute Gasteiger partial charge is 0.324 e. The Labute approximate surface area is 150 Å². The van der Waals surface area contributed by atoms with Crippen molar-refractivity contribution < 1.29 is 13.6 Å². The molecular weight excluding hydrogens is 342 g/mol. The van der Waals surface area contributed by atoms with E-state index in [4.69, 9.17) is 0 Å². The number of nitrogens with zero attached hydrogens (tertiary/aromatic N) is 1. The molecule has 0 unspecified atom stereocenters. The zero-order valence-electron chi connectivity index (χ0n) is 13.9. The Kier molecular flexibility index (Phi) is 5.71. The maximum atomic E-state index is 12.6. The van der Waals surface area contributed by atoms with E-state index in [0.29, 0.717) is 22.3 Å². The monoisotopic (exact) mass is 362 g/mol. The summed E-state index contributed by atoms with van der Waals surface area (Å²) in [5.74, 6) is -2.72. The molecule has 0 spiro atoms. The molecule has 0 radical (unpaired) electrons. The third kappa shape index (κ3) is 4.38. The third-order valence-corrected chi connectivity index (χ3v) is 5.19. The van der Waals surface area contributed by atoms with Crippen LogP contribution in [-0.4, -0.2) is 30.2 Å². The second-order valence-electron chi connectivity index (χ2n) is 6.09. The fourth-order valence-corrected chi connectivity index (χ4v) is 3.88. The van der Waals surface area contributed by atoms with Crippen molar-refractivity contribution in [1.29, 1.82) is 0 Å². The van der Waals surface area contributed by atoms with E-state index in [1.165, 1.54) is 11.1 Å². The van der Waals surface area contributed by atoms with E-state index in [2.05, 4.69) is 17.4 Å². The van der Waals surface area contributed by atoms with Crippen LogP contribution in [0.5, 0.6) is 0 Å². The fourth-order valence-electron chi connectivity index (χ4n) is 3.29. The fraction of sp³-hybridized carbons (Fsp3) is 0.316. The summed E-state index contributed by atoms with van der Waals surface area (Å²) < 4.78 is 25.3. The van der Waals surface area contributed by atoms with E-state index in [1.54, 1.807) is 24.3 Å². The van der Waals surface area contributed by atoms with Crippen LogP contribution in [0.3, 0.4) is 0 Å². The molecule has 0 heterocycles. The second-order valence-corrected chi connectivity index (χ2v) is 7.12. The lowest BCUT2D eigenvalue weighted by Gasteiger charge is -2.24. The van der Waals surface area contributed by atoms with E-state index in [1.807, 2.05) is 24.1 Å².